The average molecular weight is 373 g/mol. The fourth-order valence-corrected chi connectivity index (χ4v) is 3.99. The van der Waals surface area contributed by atoms with E-state index >= 15 is 0 Å². The number of carbonyl (C=O) groups excluding carboxylic acids is 1. The SMILES string of the molecule is Cc1ccc(S(N)(=O)=O)cc1C(=O)N1CCCCCC1c1ccncc1. The number of carbonyl (C=O) groups is 1. The summed E-state index contributed by atoms with van der Waals surface area (Å²) in [4.78, 5) is 19.2. The second kappa shape index (κ2) is 7.55. The van der Waals surface area contributed by atoms with Crippen LogP contribution in [-0.4, -0.2) is 30.8 Å². The molecule has 0 spiro atoms. The van der Waals surface area contributed by atoms with Crippen molar-refractivity contribution in [2.75, 3.05) is 6.54 Å². The number of aromatic nitrogens is 1. The van der Waals surface area contributed by atoms with Gasteiger partial charge in [0.15, 0.2) is 0 Å². The van der Waals surface area contributed by atoms with Crippen LogP contribution in [0.4, 0.5) is 0 Å². The maximum Gasteiger partial charge on any atom is 0.254 e. The van der Waals surface area contributed by atoms with Crippen molar-refractivity contribution >= 4 is 15.9 Å². The van der Waals surface area contributed by atoms with Crippen LogP contribution in [0, 0.1) is 6.92 Å². The quantitative estimate of drug-likeness (QED) is 0.895. The van der Waals surface area contributed by atoms with Gasteiger partial charge in [0.2, 0.25) is 10.0 Å². The highest BCUT2D eigenvalue weighted by molar-refractivity contribution is 7.89. The maximum atomic E-state index is 13.3. The lowest BCUT2D eigenvalue weighted by Crippen LogP contribution is -2.35. The van der Waals surface area contributed by atoms with Gasteiger partial charge in [0.1, 0.15) is 0 Å². The molecule has 1 aromatic carbocycles. The third-order valence-corrected chi connectivity index (χ3v) is 5.78. The fraction of sp³-hybridized carbons (Fsp3) is 0.368. The van der Waals surface area contributed by atoms with Crippen LogP contribution >= 0.6 is 0 Å². The molecule has 1 atom stereocenters. The van der Waals surface area contributed by atoms with Crippen LogP contribution in [0.2, 0.25) is 0 Å². The van der Waals surface area contributed by atoms with E-state index in [9.17, 15) is 13.2 Å². The van der Waals surface area contributed by atoms with E-state index < -0.39 is 10.0 Å². The van der Waals surface area contributed by atoms with E-state index in [2.05, 4.69) is 4.98 Å². The molecule has 2 N–H and O–H groups in total. The van der Waals surface area contributed by atoms with Gasteiger partial charge in [-0.3, -0.25) is 9.78 Å². The van der Waals surface area contributed by atoms with Crippen LogP contribution < -0.4 is 5.14 Å². The Morgan fingerprint density at radius 1 is 1.15 bits per heavy atom. The Morgan fingerprint density at radius 2 is 1.88 bits per heavy atom. The van der Waals surface area contributed by atoms with Gasteiger partial charge in [0.05, 0.1) is 10.9 Å². The smallest absolute Gasteiger partial charge is 0.254 e. The lowest BCUT2D eigenvalue weighted by atomic mass is 10.00. The van der Waals surface area contributed by atoms with Gasteiger partial charge in [0, 0.05) is 24.5 Å². The van der Waals surface area contributed by atoms with Gasteiger partial charge >= 0.3 is 0 Å². The number of benzene rings is 1. The molecule has 0 aliphatic carbocycles. The molecule has 1 saturated heterocycles. The molecule has 2 aromatic rings. The highest BCUT2D eigenvalue weighted by atomic mass is 32.2. The van der Waals surface area contributed by atoms with Gasteiger partial charge in [-0.05, 0) is 55.2 Å². The Morgan fingerprint density at radius 3 is 2.58 bits per heavy atom. The van der Waals surface area contributed by atoms with Crippen LogP contribution in [0.25, 0.3) is 0 Å². The fourth-order valence-electron chi connectivity index (χ4n) is 3.45. The van der Waals surface area contributed by atoms with E-state index in [0.29, 0.717) is 12.1 Å². The van der Waals surface area contributed by atoms with Crippen molar-refractivity contribution in [1.29, 1.82) is 0 Å². The molecule has 1 aromatic heterocycles. The minimum absolute atomic E-state index is 0.0365. The number of sulfonamides is 1. The maximum absolute atomic E-state index is 13.3. The third kappa shape index (κ3) is 3.94. The summed E-state index contributed by atoms with van der Waals surface area (Å²) in [5.41, 5.74) is 2.17. The zero-order valence-corrected chi connectivity index (χ0v) is 15.6. The molecule has 1 unspecified atom stereocenters. The number of hydrogen-bond donors (Lipinski definition) is 1. The molecule has 1 aliphatic heterocycles. The number of aryl methyl sites for hydroxylation is 1. The standard InChI is InChI=1S/C19H23N3O3S/c1-14-6-7-16(26(20,24)25)13-17(14)19(23)22-12-4-2-3-5-18(22)15-8-10-21-11-9-15/h6-11,13,18H,2-5,12H2,1H3,(H2,20,24,25). The molecule has 0 radical (unpaired) electrons. The first-order chi connectivity index (χ1) is 12.4. The Hall–Kier alpha value is -2.25. The van der Waals surface area contributed by atoms with Crippen LogP contribution in [0.1, 0.15) is 53.2 Å². The van der Waals surface area contributed by atoms with E-state index in [1.807, 2.05) is 17.0 Å². The highest BCUT2D eigenvalue weighted by Gasteiger charge is 2.29. The number of rotatable bonds is 3. The van der Waals surface area contributed by atoms with Crippen LogP contribution in [0.5, 0.6) is 0 Å². The summed E-state index contributed by atoms with van der Waals surface area (Å²) in [5, 5.41) is 5.24. The van der Waals surface area contributed by atoms with Crippen molar-refractivity contribution in [2.45, 2.75) is 43.5 Å². The first-order valence-corrected chi connectivity index (χ1v) is 10.3. The zero-order valence-electron chi connectivity index (χ0n) is 14.8. The molecule has 6 nitrogen and oxygen atoms in total. The number of amides is 1. The van der Waals surface area contributed by atoms with E-state index in [4.69, 9.17) is 5.14 Å². The van der Waals surface area contributed by atoms with E-state index in [0.717, 1.165) is 36.8 Å². The molecule has 0 bridgehead atoms. The summed E-state index contributed by atoms with van der Waals surface area (Å²) < 4.78 is 23.4. The van der Waals surface area contributed by atoms with E-state index in [-0.39, 0.29) is 16.8 Å². The van der Waals surface area contributed by atoms with Gasteiger partial charge in [-0.2, -0.15) is 0 Å². The van der Waals surface area contributed by atoms with Gasteiger partial charge in [-0.25, -0.2) is 13.6 Å². The molecule has 1 amide bonds. The molecule has 7 heteroatoms. The minimum Gasteiger partial charge on any atom is -0.332 e. The van der Waals surface area contributed by atoms with Crippen molar-refractivity contribution in [3.63, 3.8) is 0 Å². The summed E-state index contributed by atoms with van der Waals surface area (Å²) in [7, 11) is -3.86. The number of nitrogens with two attached hydrogens (primary N) is 1. The molecule has 3 rings (SSSR count). The van der Waals surface area contributed by atoms with Crippen LogP contribution in [-0.2, 0) is 10.0 Å². The van der Waals surface area contributed by atoms with Crippen molar-refractivity contribution in [1.82, 2.24) is 9.88 Å². The molecule has 138 valence electrons. The van der Waals surface area contributed by atoms with Crippen molar-refractivity contribution in [3.05, 3.63) is 59.4 Å². The summed E-state index contributed by atoms with van der Waals surface area (Å²) in [6, 6.07) is 8.29. The molecular weight excluding hydrogens is 350 g/mol. The molecule has 0 saturated carbocycles. The number of hydrogen-bond acceptors (Lipinski definition) is 4. The monoisotopic (exact) mass is 373 g/mol. The second-order valence-corrected chi connectivity index (χ2v) is 8.23. The number of likely N-dealkylation sites (tertiary alicyclic amines) is 1. The van der Waals surface area contributed by atoms with E-state index in [1.165, 1.54) is 12.1 Å². The van der Waals surface area contributed by atoms with E-state index in [1.54, 1.807) is 25.4 Å². The molecular formula is C19H23N3O3S. The summed E-state index contributed by atoms with van der Waals surface area (Å²) in [6.07, 6.45) is 7.39. The van der Waals surface area contributed by atoms with Crippen LogP contribution in [0.3, 0.4) is 0 Å². The van der Waals surface area contributed by atoms with Crippen molar-refractivity contribution in [3.8, 4) is 0 Å². The Balaban J connectivity index is 2.01. The third-order valence-electron chi connectivity index (χ3n) is 4.87. The number of primary sulfonamides is 1. The lowest BCUT2D eigenvalue weighted by Gasteiger charge is -2.31. The summed E-state index contributed by atoms with van der Waals surface area (Å²) >= 11 is 0. The first-order valence-electron chi connectivity index (χ1n) is 8.72. The Bertz CT molecular complexity index is 898. The highest BCUT2D eigenvalue weighted by Crippen LogP contribution is 2.32. The molecule has 26 heavy (non-hydrogen) atoms. The second-order valence-electron chi connectivity index (χ2n) is 6.67. The van der Waals surface area contributed by atoms with Crippen molar-refractivity contribution < 1.29 is 13.2 Å². The summed E-state index contributed by atoms with van der Waals surface area (Å²) in [6.45, 7) is 2.45. The molecule has 1 fully saturated rings. The first kappa shape index (κ1) is 18.5. The Kier molecular flexibility index (Phi) is 5.38. The predicted octanol–water partition coefficient (Wildman–Crippen LogP) is 2.79. The molecule has 1 aliphatic rings. The minimum atomic E-state index is -3.86. The topological polar surface area (TPSA) is 93.4 Å². The predicted molar refractivity (Wildman–Crippen MR) is 99.0 cm³/mol. The average Bonchev–Trinajstić information content (AvgIpc) is 2.87. The van der Waals surface area contributed by atoms with Gasteiger partial charge in [-0.1, -0.05) is 18.9 Å². The van der Waals surface area contributed by atoms with Gasteiger partial charge < -0.3 is 4.90 Å². The lowest BCUT2D eigenvalue weighted by molar-refractivity contribution is 0.0680. The van der Waals surface area contributed by atoms with Gasteiger partial charge in [0.25, 0.3) is 5.91 Å². The largest absolute Gasteiger partial charge is 0.332 e. The zero-order chi connectivity index (χ0) is 18.7. The van der Waals surface area contributed by atoms with Crippen molar-refractivity contribution in [2.24, 2.45) is 5.14 Å². The Labute approximate surface area is 154 Å². The molecule has 2 heterocycles. The number of pyridine rings is 1. The normalized spacial score (nSPS) is 18.4. The van der Waals surface area contributed by atoms with Crippen LogP contribution in [0.15, 0.2) is 47.6 Å². The van der Waals surface area contributed by atoms with Gasteiger partial charge in [-0.15, -0.1) is 0 Å². The summed E-state index contributed by atoms with van der Waals surface area (Å²) in [5.74, 6) is -0.156. The number of nitrogens with zero attached hydrogens (tertiary/aromatic N) is 2.